The van der Waals surface area contributed by atoms with Crippen molar-refractivity contribution in [1.29, 1.82) is 0 Å². The maximum Gasteiger partial charge on any atom is 0.0757 e. The van der Waals surface area contributed by atoms with Gasteiger partial charge in [0.15, 0.2) is 0 Å². The fraction of sp³-hybridized carbons (Fsp3) is 1.00. The van der Waals surface area contributed by atoms with E-state index in [2.05, 4.69) is 20.8 Å². The van der Waals surface area contributed by atoms with Gasteiger partial charge in [0.25, 0.3) is 0 Å². The topological polar surface area (TPSA) is 20.2 Å². The number of hydrogen-bond donors (Lipinski definition) is 1. The van der Waals surface area contributed by atoms with Crippen molar-refractivity contribution < 1.29 is 7.85 Å². The molecule has 1 heteroatoms. The van der Waals surface area contributed by atoms with Crippen LogP contribution in [0.1, 0.15) is 62.5 Å². The minimum atomic E-state index is -0.700. The first-order valence-electron chi connectivity index (χ1n) is 7.95. The fourth-order valence-electron chi connectivity index (χ4n) is 5.13. The van der Waals surface area contributed by atoms with Crippen LogP contribution in [-0.4, -0.2) is 10.7 Å². The average Bonchev–Trinajstić information content (AvgIpc) is 2.29. The largest absolute Gasteiger partial charge is 0.389 e. The Kier molecular flexibility index (Phi) is 1.60. The zero-order chi connectivity index (χ0) is 13.4. The summed E-state index contributed by atoms with van der Waals surface area (Å²) >= 11 is 0. The Morgan fingerprint density at radius 3 is 2.69 bits per heavy atom. The summed E-state index contributed by atoms with van der Waals surface area (Å²) in [5, 5.41) is 11.4. The Bertz CT molecular complexity index is 383. The van der Waals surface area contributed by atoms with Gasteiger partial charge in [0.2, 0.25) is 0 Å². The summed E-state index contributed by atoms with van der Waals surface area (Å²) in [7, 11) is 0. The Balaban J connectivity index is 2.16. The number of aliphatic hydroxyl groups is 1. The second-order valence-corrected chi connectivity index (χ2v) is 7.11. The van der Waals surface area contributed by atoms with Gasteiger partial charge in [-0.25, -0.2) is 0 Å². The molecule has 0 aromatic carbocycles. The van der Waals surface area contributed by atoms with Crippen molar-refractivity contribution in [2.45, 2.75) is 65.4 Å². The van der Waals surface area contributed by atoms with E-state index < -0.39 is 11.5 Å². The predicted molar refractivity (Wildman–Crippen MR) is 66.1 cm³/mol. The molecule has 4 fully saturated rings. The Morgan fingerprint density at radius 2 is 2.00 bits per heavy atom. The number of rotatable bonds is 0. The maximum absolute atomic E-state index is 11.4. The monoisotopic (exact) mass is 224 g/mol. The molecule has 4 bridgehead atoms. The molecule has 4 aliphatic rings. The second kappa shape index (κ2) is 2.85. The van der Waals surface area contributed by atoms with E-state index in [1.807, 2.05) is 0 Å². The Morgan fingerprint density at radius 1 is 1.25 bits per heavy atom. The molecule has 0 aromatic heterocycles. The van der Waals surface area contributed by atoms with Gasteiger partial charge in [-0.15, -0.1) is 0 Å². The second-order valence-electron chi connectivity index (χ2n) is 7.11. The van der Waals surface area contributed by atoms with Crippen molar-refractivity contribution >= 4 is 0 Å². The molecule has 1 nitrogen and oxygen atoms in total. The van der Waals surface area contributed by atoms with Crippen LogP contribution in [0.2, 0.25) is 0 Å². The molecule has 0 spiro atoms. The van der Waals surface area contributed by atoms with E-state index >= 15 is 0 Å². The summed E-state index contributed by atoms with van der Waals surface area (Å²) in [4.78, 5) is 0. The smallest absolute Gasteiger partial charge is 0.0757 e. The van der Waals surface area contributed by atoms with Crippen LogP contribution in [0.15, 0.2) is 0 Å². The van der Waals surface area contributed by atoms with Crippen molar-refractivity contribution in [3.63, 3.8) is 0 Å². The van der Waals surface area contributed by atoms with Crippen LogP contribution in [0, 0.1) is 28.6 Å². The molecule has 0 aromatic rings. The predicted octanol–water partition coefficient (Wildman–Crippen LogP) is 3.61. The van der Waals surface area contributed by atoms with Crippen LogP contribution in [-0.2, 0) is 0 Å². The highest BCUT2D eigenvalue weighted by molar-refractivity contribution is 5.19. The molecule has 92 valence electrons. The van der Waals surface area contributed by atoms with Gasteiger partial charge >= 0.3 is 0 Å². The molecule has 5 atom stereocenters. The first-order valence-corrected chi connectivity index (χ1v) is 6.74. The lowest BCUT2D eigenvalue weighted by Gasteiger charge is -2.71. The lowest BCUT2D eigenvalue weighted by Crippen LogP contribution is -2.71. The summed E-state index contributed by atoms with van der Waals surface area (Å²) in [6.45, 7) is 6.90. The van der Waals surface area contributed by atoms with E-state index in [4.69, 9.17) is 2.74 Å². The van der Waals surface area contributed by atoms with E-state index in [-0.39, 0.29) is 16.7 Å². The zero-order valence-corrected chi connectivity index (χ0v) is 10.8. The van der Waals surface area contributed by atoms with Gasteiger partial charge in [0, 0.05) is 2.74 Å². The Hall–Kier alpha value is -0.0400. The van der Waals surface area contributed by atoms with Crippen molar-refractivity contribution in [3.8, 4) is 0 Å². The van der Waals surface area contributed by atoms with Crippen LogP contribution in [0.4, 0.5) is 0 Å². The molecule has 16 heavy (non-hydrogen) atoms. The molecule has 1 unspecified atom stereocenters. The average molecular weight is 224 g/mol. The standard InChI is InChI=1S/C15H26O/c1-10-5-8-15(16)13(2,3)11-6-7-14(15,4)12(10)9-11/h10-12,16H,5-9H2,1-4H3/t10-,11+,12-,14?,15+/m0/s1/i1D,12D. The van der Waals surface area contributed by atoms with E-state index in [1.54, 1.807) is 0 Å². The molecule has 4 rings (SSSR count). The molecular weight excluding hydrogens is 196 g/mol. The third-order valence-electron chi connectivity index (χ3n) is 6.51. The van der Waals surface area contributed by atoms with Gasteiger partial charge in [0.1, 0.15) is 0 Å². The van der Waals surface area contributed by atoms with Gasteiger partial charge in [-0.05, 0) is 60.7 Å². The molecule has 0 saturated heterocycles. The fourth-order valence-corrected chi connectivity index (χ4v) is 5.13. The number of hydrogen-bond acceptors (Lipinski definition) is 1. The highest BCUT2D eigenvalue weighted by Crippen LogP contribution is 2.71. The van der Waals surface area contributed by atoms with Gasteiger partial charge in [-0.3, -0.25) is 0 Å². The van der Waals surface area contributed by atoms with Crippen LogP contribution < -0.4 is 0 Å². The lowest BCUT2D eigenvalue weighted by molar-refractivity contribution is -0.291. The minimum absolute atomic E-state index is 0.0719. The first-order chi connectivity index (χ1) is 8.23. The van der Waals surface area contributed by atoms with E-state index in [0.29, 0.717) is 12.8 Å². The maximum atomic E-state index is 11.4. The van der Waals surface area contributed by atoms with Crippen LogP contribution >= 0.6 is 0 Å². The normalized spacial score (nSPS) is 65.0. The van der Waals surface area contributed by atoms with Crippen molar-refractivity contribution in [2.24, 2.45) is 28.6 Å². The quantitative estimate of drug-likeness (QED) is 0.666. The number of fused-ring (bicyclic) bond motifs is 1. The SMILES string of the molecule is [2H]C[C@H]1CC[C@@]2(O)C(C)(C)[C@@H]3CCC2(C)[C@@]1([2H])C3. The third-order valence-corrected chi connectivity index (χ3v) is 6.51. The summed E-state index contributed by atoms with van der Waals surface area (Å²) in [6.07, 6.45) is 4.66. The third kappa shape index (κ3) is 0.939. The first kappa shape index (κ1) is 8.97. The molecular formula is C15H26O. The summed E-state index contributed by atoms with van der Waals surface area (Å²) in [5.41, 5.74) is -1.09. The van der Waals surface area contributed by atoms with Crippen LogP contribution in [0.25, 0.3) is 0 Å². The Labute approximate surface area is 102 Å². The van der Waals surface area contributed by atoms with E-state index in [0.717, 1.165) is 32.1 Å². The molecule has 1 N–H and O–H groups in total. The van der Waals surface area contributed by atoms with Crippen LogP contribution in [0.5, 0.6) is 0 Å². The van der Waals surface area contributed by atoms with Crippen molar-refractivity contribution in [1.82, 2.24) is 0 Å². The zero-order valence-electron chi connectivity index (χ0n) is 12.8. The van der Waals surface area contributed by atoms with Gasteiger partial charge in [0.05, 0.1) is 5.60 Å². The molecule has 4 saturated carbocycles. The molecule has 0 amide bonds. The summed E-state index contributed by atoms with van der Waals surface area (Å²) in [6, 6.07) is 0. The highest BCUT2D eigenvalue weighted by Gasteiger charge is 2.69. The summed E-state index contributed by atoms with van der Waals surface area (Å²) in [5.74, 6) is 0.0399. The minimum Gasteiger partial charge on any atom is -0.389 e. The van der Waals surface area contributed by atoms with Gasteiger partial charge < -0.3 is 5.11 Å². The van der Waals surface area contributed by atoms with Gasteiger partial charge in [-0.2, -0.15) is 0 Å². The van der Waals surface area contributed by atoms with Gasteiger partial charge in [-0.1, -0.05) is 27.7 Å². The van der Waals surface area contributed by atoms with E-state index in [1.165, 1.54) is 0 Å². The molecule has 0 aliphatic heterocycles. The van der Waals surface area contributed by atoms with E-state index in [9.17, 15) is 5.11 Å². The highest BCUT2D eigenvalue weighted by atomic mass is 16.3. The molecule has 4 aliphatic carbocycles. The molecule has 0 radical (unpaired) electrons. The summed E-state index contributed by atoms with van der Waals surface area (Å²) < 4.78 is 16.8. The van der Waals surface area contributed by atoms with Crippen molar-refractivity contribution in [3.05, 3.63) is 0 Å². The van der Waals surface area contributed by atoms with Crippen molar-refractivity contribution in [2.75, 3.05) is 0 Å². The molecule has 0 heterocycles. The lowest BCUT2D eigenvalue weighted by atomic mass is 9.35. The van der Waals surface area contributed by atoms with Crippen LogP contribution in [0.3, 0.4) is 0 Å².